The zero-order valence-electron chi connectivity index (χ0n) is 4.89. The zero-order chi connectivity index (χ0) is 6.69. The first kappa shape index (κ1) is 6.59. The lowest BCUT2D eigenvalue weighted by atomic mass is 10.2. The summed E-state index contributed by atoms with van der Waals surface area (Å²) in [6.07, 6.45) is 0. The molecule has 1 nitrogen and oxygen atoms in total. The predicted octanol–water partition coefficient (Wildman–Crippen LogP) is 1.60. The Morgan fingerprint density at radius 1 is 1.56 bits per heavy atom. The van der Waals surface area contributed by atoms with Gasteiger partial charge in [-0.05, 0) is 23.8 Å². The molecule has 1 radical (unpaired) electrons. The normalized spacial score (nSPS) is 9.56. The van der Waals surface area contributed by atoms with Crippen LogP contribution >= 0.6 is 11.6 Å². The van der Waals surface area contributed by atoms with Gasteiger partial charge in [0.05, 0.1) is 0 Å². The van der Waals surface area contributed by atoms with E-state index >= 15 is 0 Å². The van der Waals surface area contributed by atoms with Crippen LogP contribution in [0.5, 0.6) is 0 Å². The zero-order valence-corrected chi connectivity index (χ0v) is 5.65. The van der Waals surface area contributed by atoms with Crippen molar-refractivity contribution in [3.05, 3.63) is 34.9 Å². The second kappa shape index (κ2) is 2.85. The summed E-state index contributed by atoms with van der Waals surface area (Å²) in [6, 6.07) is 8.31. The molecule has 1 aromatic carbocycles. The van der Waals surface area contributed by atoms with E-state index in [1.165, 1.54) is 0 Å². The van der Waals surface area contributed by atoms with E-state index in [-0.39, 0.29) is 0 Å². The molecule has 1 aromatic rings. The second-order valence-electron chi connectivity index (χ2n) is 1.74. The number of hydrogen-bond donors (Lipinski definition) is 1. The van der Waals surface area contributed by atoms with Gasteiger partial charge in [0.1, 0.15) is 0 Å². The van der Waals surface area contributed by atoms with Crippen LogP contribution in [0.25, 0.3) is 0 Å². The summed E-state index contributed by atoms with van der Waals surface area (Å²) < 4.78 is 0. The third-order valence-electron chi connectivity index (χ3n) is 1.06. The average molecular weight is 141 g/mol. The van der Waals surface area contributed by atoms with E-state index in [1.807, 2.05) is 6.07 Å². The Bertz CT molecular complexity index is 181. The minimum atomic E-state index is 0.525. The lowest BCUT2D eigenvalue weighted by molar-refractivity contribution is 1.07. The molecule has 0 saturated carbocycles. The Kier molecular flexibility index (Phi) is 2.09. The fourth-order valence-corrected chi connectivity index (χ4v) is 0.683. The molecule has 1 rings (SSSR count). The van der Waals surface area contributed by atoms with Crippen molar-refractivity contribution in [1.29, 1.82) is 0 Å². The SMILES string of the molecule is NCc1[c]cc(Cl)cc1. The van der Waals surface area contributed by atoms with Crippen molar-refractivity contribution in [2.24, 2.45) is 5.73 Å². The van der Waals surface area contributed by atoms with Crippen molar-refractivity contribution < 1.29 is 0 Å². The van der Waals surface area contributed by atoms with Gasteiger partial charge in [-0.25, -0.2) is 0 Å². The summed E-state index contributed by atoms with van der Waals surface area (Å²) in [4.78, 5) is 0. The Hall–Kier alpha value is -0.530. The van der Waals surface area contributed by atoms with Crippen LogP contribution < -0.4 is 5.73 Å². The number of halogens is 1. The van der Waals surface area contributed by atoms with E-state index in [1.54, 1.807) is 12.1 Å². The van der Waals surface area contributed by atoms with Crippen molar-refractivity contribution in [2.75, 3.05) is 0 Å². The van der Waals surface area contributed by atoms with Gasteiger partial charge in [-0.2, -0.15) is 0 Å². The summed E-state index contributed by atoms with van der Waals surface area (Å²) in [5.74, 6) is 0. The minimum absolute atomic E-state index is 0.525. The Labute approximate surface area is 59.4 Å². The van der Waals surface area contributed by atoms with E-state index in [4.69, 9.17) is 17.3 Å². The largest absolute Gasteiger partial charge is 0.326 e. The fourth-order valence-electron chi connectivity index (χ4n) is 0.565. The molecule has 0 bridgehead atoms. The van der Waals surface area contributed by atoms with E-state index in [0.717, 1.165) is 5.56 Å². The molecular formula is C7H7ClN. The lowest BCUT2D eigenvalue weighted by Crippen LogP contribution is -1.94. The van der Waals surface area contributed by atoms with Gasteiger partial charge in [0, 0.05) is 11.6 Å². The fraction of sp³-hybridized carbons (Fsp3) is 0.143. The van der Waals surface area contributed by atoms with Crippen LogP contribution in [-0.4, -0.2) is 0 Å². The van der Waals surface area contributed by atoms with Crippen molar-refractivity contribution >= 4 is 11.6 Å². The smallest absolute Gasteiger partial charge is 0.0412 e. The molecular weight excluding hydrogens is 134 g/mol. The molecule has 0 aliphatic rings. The average Bonchev–Trinajstić information content (AvgIpc) is 1.90. The standard InChI is InChI=1S/C7H7ClN/c8-7-3-1-6(5-9)2-4-7/h1,3-4H,5,9H2. The molecule has 0 aliphatic carbocycles. The summed E-state index contributed by atoms with van der Waals surface area (Å²) in [5, 5.41) is 0.701. The van der Waals surface area contributed by atoms with E-state index in [0.29, 0.717) is 11.6 Å². The molecule has 0 amide bonds. The van der Waals surface area contributed by atoms with Crippen molar-refractivity contribution in [3.63, 3.8) is 0 Å². The molecule has 2 heteroatoms. The summed E-state index contributed by atoms with van der Waals surface area (Å²) in [5.41, 5.74) is 6.31. The van der Waals surface area contributed by atoms with Gasteiger partial charge in [-0.1, -0.05) is 17.7 Å². The quantitative estimate of drug-likeness (QED) is 0.630. The van der Waals surface area contributed by atoms with Gasteiger partial charge in [0.2, 0.25) is 0 Å². The molecule has 2 N–H and O–H groups in total. The Morgan fingerprint density at radius 3 is 2.78 bits per heavy atom. The van der Waals surface area contributed by atoms with E-state index < -0.39 is 0 Å². The highest BCUT2D eigenvalue weighted by Gasteiger charge is 1.87. The van der Waals surface area contributed by atoms with Crippen molar-refractivity contribution in [1.82, 2.24) is 0 Å². The van der Waals surface area contributed by atoms with Gasteiger partial charge in [0.15, 0.2) is 0 Å². The summed E-state index contributed by atoms with van der Waals surface area (Å²) in [6.45, 7) is 0.525. The number of nitrogens with two attached hydrogens (primary N) is 1. The topological polar surface area (TPSA) is 26.0 Å². The molecule has 0 aliphatic heterocycles. The maximum absolute atomic E-state index is 5.60. The molecule has 0 unspecified atom stereocenters. The third kappa shape index (κ3) is 1.70. The Balaban J connectivity index is 2.88. The highest BCUT2D eigenvalue weighted by Crippen LogP contribution is 2.07. The van der Waals surface area contributed by atoms with E-state index in [9.17, 15) is 0 Å². The molecule has 0 saturated heterocycles. The van der Waals surface area contributed by atoms with Crippen LogP contribution in [0, 0.1) is 6.07 Å². The molecule has 47 valence electrons. The van der Waals surface area contributed by atoms with Crippen LogP contribution in [0.15, 0.2) is 18.2 Å². The van der Waals surface area contributed by atoms with Crippen LogP contribution in [-0.2, 0) is 6.54 Å². The third-order valence-corrected chi connectivity index (χ3v) is 1.29. The van der Waals surface area contributed by atoms with Crippen molar-refractivity contribution in [2.45, 2.75) is 6.54 Å². The lowest BCUT2D eigenvalue weighted by Gasteiger charge is -1.92. The summed E-state index contributed by atoms with van der Waals surface area (Å²) in [7, 11) is 0. The monoisotopic (exact) mass is 140 g/mol. The molecule has 0 fully saturated rings. The van der Waals surface area contributed by atoms with Gasteiger partial charge < -0.3 is 5.73 Å². The van der Waals surface area contributed by atoms with Crippen LogP contribution in [0.1, 0.15) is 5.56 Å². The van der Waals surface area contributed by atoms with Gasteiger partial charge in [0.25, 0.3) is 0 Å². The maximum Gasteiger partial charge on any atom is 0.0412 e. The van der Waals surface area contributed by atoms with Crippen LogP contribution in [0.3, 0.4) is 0 Å². The molecule has 0 heterocycles. The number of hydrogen-bond acceptors (Lipinski definition) is 1. The molecule has 0 aromatic heterocycles. The molecule has 0 atom stereocenters. The first-order valence-electron chi connectivity index (χ1n) is 2.69. The van der Waals surface area contributed by atoms with E-state index in [2.05, 4.69) is 6.07 Å². The predicted molar refractivity (Wildman–Crippen MR) is 38.2 cm³/mol. The Morgan fingerprint density at radius 2 is 2.33 bits per heavy atom. The summed E-state index contributed by atoms with van der Waals surface area (Å²) >= 11 is 5.60. The highest BCUT2D eigenvalue weighted by molar-refractivity contribution is 6.30. The second-order valence-corrected chi connectivity index (χ2v) is 2.17. The van der Waals surface area contributed by atoms with Crippen molar-refractivity contribution in [3.8, 4) is 0 Å². The number of rotatable bonds is 1. The first-order valence-corrected chi connectivity index (χ1v) is 3.07. The first-order chi connectivity index (χ1) is 4.33. The van der Waals surface area contributed by atoms with Gasteiger partial charge in [-0.15, -0.1) is 0 Å². The highest BCUT2D eigenvalue weighted by atomic mass is 35.5. The number of benzene rings is 1. The molecule has 9 heavy (non-hydrogen) atoms. The van der Waals surface area contributed by atoms with Gasteiger partial charge >= 0.3 is 0 Å². The maximum atomic E-state index is 5.60. The van der Waals surface area contributed by atoms with Crippen LogP contribution in [0.4, 0.5) is 0 Å². The van der Waals surface area contributed by atoms with Crippen LogP contribution in [0.2, 0.25) is 5.02 Å². The van der Waals surface area contributed by atoms with Gasteiger partial charge in [-0.3, -0.25) is 0 Å². The minimum Gasteiger partial charge on any atom is -0.326 e. The molecule has 0 spiro atoms.